The average molecular weight is 461 g/mol. The van der Waals surface area contributed by atoms with E-state index in [2.05, 4.69) is 10.6 Å². The summed E-state index contributed by atoms with van der Waals surface area (Å²) in [6, 6.07) is -5.65. The fourth-order valence-electron chi connectivity index (χ4n) is 2.52. The van der Waals surface area contributed by atoms with Crippen LogP contribution in [-0.4, -0.2) is 81.7 Å². The van der Waals surface area contributed by atoms with Gasteiger partial charge >= 0.3 is 11.9 Å². The first-order valence-corrected chi connectivity index (χ1v) is 9.78. The number of nitrogens with two attached hydrogens (primary N) is 2. The van der Waals surface area contributed by atoms with Crippen LogP contribution in [0.15, 0.2) is 0 Å². The van der Waals surface area contributed by atoms with Crippen molar-refractivity contribution in [1.82, 2.24) is 16.0 Å². The highest BCUT2D eigenvalue weighted by Gasteiger charge is 2.31. The van der Waals surface area contributed by atoms with Gasteiger partial charge in [-0.05, 0) is 18.8 Å². The molecule has 32 heavy (non-hydrogen) atoms. The highest BCUT2D eigenvalue weighted by molar-refractivity contribution is 5.94. The maximum Gasteiger partial charge on any atom is 0.326 e. The average Bonchev–Trinajstić information content (AvgIpc) is 2.67. The van der Waals surface area contributed by atoms with E-state index >= 15 is 0 Å². The molecule has 0 bridgehead atoms. The number of aliphatic hydroxyl groups is 1. The van der Waals surface area contributed by atoms with Crippen molar-refractivity contribution in [2.45, 2.75) is 63.7 Å². The number of primary amides is 1. The van der Waals surface area contributed by atoms with Crippen molar-refractivity contribution < 1.29 is 44.1 Å². The van der Waals surface area contributed by atoms with Crippen molar-refractivity contribution in [2.75, 3.05) is 6.61 Å². The Labute approximate surface area is 184 Å². The minimum absolute atomic E-state index is 0.0426. The number of carboxylic acid groups (broad SMARTS) is 2. The zero-order valence-electron chi connectivity index (χ0n) is 17.9. The lowest BCUT2D eigenvalue weighted by Crippen LogP contribution is -2.58. The zero-order valence-corrected chi connectivity index (χ0v) is 17.9. The lowest BCUT2D eigenvalue weighted by Gasteiger charge is -2.25. The van der Waals surface area contributed by atoms with Crippen molar-refractivity contribution >= 4 is 35.6 Å². The molecule has 0 aliphatic carbocycles. The number of aliphatic hydroxyl groups excluding tert-OH is 1. The third-order valence-electron chi connectivity index (χ3n) is 4.19. The van der Waals surface area contributed by atoms with Gasteiger partial charge in [0.25, 0.3) is 0 Å². The van der Waals surface area contributed by atoms with Crippen molar-refractivity contribution in [2.24, 2.45) is 17.4 Å². The maximum atomic E-state index is 12.6. The number of rotatable bonds is 15. The van der Waals surface area contributed by atoms with Crippen LogP contribution in [0.1, 0.15) is 39.5 Å². The smallest absolute Gasteiger partial charge is 0.326 e. The highest BCUT2D eigenvalue weighted by Crippen LogP contribution is 2.07. The second-order valence-electron chi connectivity index (χ2n) is 7.54. The molecule has 0 aromatic rings. The van der Waals surface area contributed by atoms with Gasteiger partial charge in [0.2, 0.25) is 23.6 Å². The van der Waals surface area contributed by atoms with E-state index in [1.807, 2.05) is 5.32 Å². The van der Waals surface area contributed by atoms with Gasteiger partial charge in [-0.25, -0.2) is 4.79 Å². The van der Waals surface area contributed by atoms with Gasteiger partial charge in [0.1, 0.15) is 18.1 Å². The number of carboxylic acids is 2. The summed E-state index contributed by atoms with van der Waals surface area (Å²) < 4.78 is 0. The molecule has 0 radical (unpaired) electrons. The molecule has 10 N–H and O–H groups in total. The fourth-order valence-corrected chi connectivity index (χ4v) is 2.52. The third-order valence-corrected chi connectivity index (χ3v) is 4.19. The lowest BCUT2D eigenvalue weighted by atomic mass is 10.0. The minimum Gasteiger partial charge on any atom is -0.481 e. The molecule has 0 saturated heterocycles. The van der Waals surface area contributed by atoms with Crippen LogP contribution in [0.4, 0.5) is 0 Å². The van der Waals surface area contributed by atoms with Gasteiger partial charge < -0.3 is 42.7 Å². The summed E-state index contributed by atoms with van der Waals surface area (Å²) >= 11 is 0. The SMILES string of the molecule is CC(C)C[C@H](NC(=O)[C@@H](N)CCC(N)=O)C(=O)N[C@@H](CO)C(=O)N[C@@H](CC(=O)O)C(=O)O. The lowest BCUT2D eigenvalue weighted by molar-refractivity contribution is -0.147. The molecule has 14 nitrogen and oxygen atoms in total. The van der Waals surface area contributed by atoms with Gasteiger partial charge in [0.05, 0.1) is 19.1 Å². The molecule has 0 heterocycles. The molecule has 0 spiro atoms. The molecule has 0 fully saturated rings. The van der Waals surface area contributed by atoms with E-state index in [1.165, 1.54) is 0 Å². The Hall–Kier alpha value is -3.26. The Morgan fingerprint density at radius 1 is 0.844 bits per heavy atom. The number of hydrogen-bond acceptors (Lipinski definition) is 8. The number of nitrogens with one attached hydrogen (secondary N) is 3. The van der Waals surface area contributed by atoms with E-state index in [0.29, 0.717) is 0 Å². The molecule has 0 aromatic carbocycles. The predicted molar refractivity (Wildman–Crippen MR) is 109 cm³/mol. The molecule has 4 amide bonds. The zero-order chi connectivity index (χ0) is 25.0. The number of aliphatic carboxylic acids is 2. The summed E-state index contributed by atoms with van der Waals surface area (Å²) in [5.74, 6) is -6.53. The molecule has 182 valence electrons. The standard InChI is InChI=1S/C18H31N5O9/c1-8(2)5-10(21-15(28)9(19)3-4-13(20)25)16(29)23-12(7-24)17(30)22-11(18(31)32)6-14(26)27/h8-12,24H,3-7,19H2,1-2H3,(H2,20,25)(H,21,28)(H,22,30)(H,23,29)(H,26,27)(H,31,32)/t9-,10-,11-,12-/m0/s1. The van der Waals surface area contributed by atoms with Gasteiger partial charge in [-0.15, -0.1) is 0 Å². The minimum atomic E-state index is -1.78. The van der Waals surface area contributed by atoms with Crippen LogP contribution in [0.5, 0.6) is 0 Å². The monoisotopic (exact) mass is 461 g/mol. The number of amides is 4. The number of carbonyl (C=O) groups is 6. The first-order valence-electron chi connectivity index (χ1n) is 9.78. The predicted octanol–water partition coefficient (Wildman–Crippen LogP) is -3.37. The van der Waals surface area contributed by atoms with Crippen LogP contribution < -0.4 is 27.4 Å². The van der Waals surface area contributed by atoms with Crippen LogP contribution in [0.3, 0.4) is 0 Å². The molecular formula is C18H31N5O9. The van der Waals surface area contributed by atoms with Crippen LogP contribution in [0.25, 0.3) is 0 Å². The Bertz CT molecular complexity index is 713. The van der Waals surface area contributed by atoms with Crippen LogP contribution >= 0.6 is 0 Å². The van der Waals surface area contributed by atoms with E-state index in [4.69, 9.17) is 21.7 Å². The summed E-state index contributed by atoms with van der Waals surface area (Å²) in [6.45, 7) is 2.61. The van der Waals surface area contributed by atoms with Crippen LogP contribution in [0, 0.1) is 5.92 Å². The van der Waals surface area contributed by atoms with Crippen LogP contribution in [0.2, 0.25) is 0 Å². The van der Waals surface area contributed by atoms with E-state index < -0.39 is 72.8 Å². The molecular weight excluding hydrogens is 430 g/mol. The number of carbonyl (C=O) groups excluding carboxylic acids is 4. The van der Waals surface area contributed by atoms with Gasteiger partial charge in [0.15, 0.2) is 0 Å². The first-order chi connectivity index (χ1) is 14.8. The first kappa shape index (κ1) is 28.7. The molecule has 0 rings (SSSR count). The summed E-state index contributed by atoms with van der Waals surface area (Å²) in [7, 11) is 0. The van der Waals surface area contributed by atoms with Crippen molar-refractivity contribution in [3.8, 4) is 0 Å². The van der Waals surface area contributed by atoms with Gasteiger partial charge in [-0.1, -0.05) is 13.8 Å². The molecule has 14 heteroatoms. The quantitative estimate of drug-likeness (QED) is 0.120. The van der Waals surface area contributed by atoms with E-state index in [9.17, 15) is 33.9 Å². The Balaban J connectivity index is 5.24. The highest BCUT2D eigenvalue weighted by atomic mass is 16.4. The molecule has 0 unspecified atom stereocenters. The van der Waals surface area contributed by atoms with Gasteiger partial charge in [-0.3, -0.25) is 24.0 Å². The van der Waals surface area contributed by atoms with Crippen molar-refractivity contribution in [3.05, 3.63) is 0 Å². The molecule has 0 aliphatic heterocycles. The van der Waals surface area contributed by atoms with Gasteiger partial charge in [-0.2, -0.15) is 0 Å². The summed E-state index contributed by atoms with van der Waals surface area (Å²) in [4.78, 5) is 69.8. The van der Waals surface area contributed by atoms with Gasteiger partial charge in [0, 0.05) is 6.42 Å². The Kier molecular flexibility index (Phi) is 12.5. The summed E-state index contributed by atoms with van der Waals surface area (Å²) in [6.07, 6.45) is -0.957. The molecule has 0 aromatic heterocycles. The Morgan fingerprint density at radius 2 is 1.34 bits per heavy atom. The second kappa shape index (κ2) is 13.9. The Morgan fingerprint density at radius 3 is 1.78 bits per heavy atom. The third kappa shape index (κ3) is 11.2. The number of hydrogen-bond donors (Lipinski definition) is 8. The molecule has 0 aliphatic rings. The summed E-state index contributed by atoms with van der Waals surface area (Å²) in [5.41, 5.74) is 10.7. The molecule has 0 saturated carbocycles. The van der Waals surface area contributed by atoms with E-state index in [1.54, 1.807) is 13.8 Å². The normalized spacial score (nSPS) is 14.5. The maximum absolute atomic E-state index is 12.6. The topological polar surface area (TPSA) is 251 Å². The van der Waals surface area contributed by atoms with E-state index in [-0.39, 0.29) is 25.2 Å². The van der Waals surface area contributed by atoms with E-state index in [0.717, 1.165) is 0 Å². The summed E-state index contributed by atoms with van der Waals surface area (Å²) in [5, 5.41) is 33.7. The fraction of sp³-hybridized carbons (Fsp3) is 0.667. The molecule has 4 atom stereocenters. The van der Waals surface area contributed by atoms with Crippen LogP contribution in [-0.2, 0) is 28.8 Å². The second-order valence-corrected chi connectivity index (χ2v) is 7.54. The van der Waals surface area contributed by atoms with Crippen molar-refractivity contribution in [1.29, 1.82) is 0 Å². The van der Waals surface area contributed by atoms with Crippen molar-refractivity contribution in [3.63, 3.8) is 0 Å². The largest absolute Gasteiger partial charge is 0.481 e.